The molecule has 0 aromatic heterocycles. The molecule has 7 nitrogen and oxygen atoms in total. The van der Waals surface area contributed by atoms with E-state index in [0.717, 1.165) is 21.7 Å². The van der Waals surface area contributed by atoms with Gasteiger partial charge < -0.3 is 14.8 Å². The first-order valence-corrected chi connectivity index (χ1v) is 12.0. The van der Waals surface area contributed by atoms with Gasteiger partial charge in [0, 0.05) is 23.1 Å². The Morgan fingerprint density at radius 1 is 1.29 bits per heavy atom. The second-order valence-electron chi connectivity index (χ2n) is 8.29. The smallest absolute Gasteiger partial charge is 0.241 e. The lowest BCUT2D eigenvalue weighted by Gasteiger charge is -2.38. The normalized spacial score (nSPS) is 17.3. The maximum Gasteiger partial charge on any atom is 0.241 e. The van der Waals surface area contributed by atoms with Crippen molar-refractivity contribution in [3.63, 3.8) is 0 Å². The lowest BCUT2D eigenvalue weighted by molar-refractivity contribution is -0.120. The van der Waals surface area contributed by atoms with E-state index in [0.29, 0.717) is 28.6 Å². The molecule has 1 aliphatic heterocycles. The van der Waals surface area contributed by atoms with Gasteiger partial charge in [-0.05, 0) is 50.6 Å². The second kappa shape index (κ2) is 8.59. The molecule has 1 amide bonds. The summed E-state index contributed by atoms with van der Waals surface area (Å²) in [6.07, 6.45) is 1.60. The zero-order valence-electron chi connectivity index (χ0n) is 18.2. The largest absolute Gasteiger partial charge is 0.497 e. The van der Waals surface area contributed by atoms with Crippen molar-refractivity contribution in [2.75, 3.05) is 24.2 Å². The van der Waals surface area contributed by atoms with Crippen LogP contribution in [0.5, 0.6) is 11.5 Å². The van der Waals surface area contributed by atoms with Gasteiger partial charge in [0.15, 0.2) is 0 Å². The van der Waals surface area contributed by atoms with Crippen molar-refractivity contribution in [2.45, 2.75) is 38.8 Å². The average molecular weight is 467 g/mol. The molecule has 2 aromatic rings. The molecule has 0 spiro atoms. The number of halogens is 1. The van der Waals surface area contributed by atoms with Gasteiger partial charge >= 0.3 is 0 Å². The molecule has 0 aliphatic carbocycles. The number of carbonyl (C=O) groups is 1. The number of amides is 1. The molecule has 0 bridgehead atoms. The van der Waals surface area contributed by atoms with Gasteiger partial charge in [0.2, 0.25) is 15.9 Å². The summed E-state index contributed by atoms with van der Waals surface area (Å²) in [4.78, 5) is 12.9. The van der Waals surface area contributed by atoms with E-state index in [2.05, 4.69) is 5.32 Å². The minimum absolute atomic E-state index is 0.333. The number of nitrogens with one attached hydrogen (secondary N) is 1. The number of aryl methyl sites for hydroxylation is 1. The van der Waals surface area contributed by atoms with E-state index in [9.17, 15) is 13.2 Å². The number of nitrogens with zero attached hydrogens (tertiary/aromatic N) is 1. The summed E-state index contributed by atoms with van der Waals surface area (Å²) in [7, 11) is -2.13. The summed E-state index contributed by atoms with van der Waals surface area (Å²) >= 11 is 6.17. The summed E-state index contributed by atoms with van der Waals surface area (Å²) < 4.78 is 37.2. The molecular formula is C22H27ClN2O5S. The van der Waals surface area contributed by atoms with Crippen molar-refractivity contribution in [1.29, 1.82) is 0 Å². The highest BCUT2D eigenvalue weighted by Gasteiger charge is 2.35. The quantitative estimate of drug-likeness (QED) is 0.699. The molecule has 0 fully saturated rings. The van der Waals surface area contributed by atoms with E-state index in [-0.39, 0.29) is 12.6 Å². The zero-order chi connectivity index (χ0) is 23.0. The predicted octanol–water partition coefficient (Wildman–Crippen LogP) is 3.84. The van der Waals surface area contributed by atoms with Crippen molar-refractivity contribution in [3.8, 4) is 11.5 Å². The third-order valence-corrected chi connectivity index (χ3v) is 6.69. The first-order valence-electron chi connectivity index (χ1n) is 9.80. The van der Waals surface area contributed by atoms with Crippen LogP contribution in [0.3, 0.4) is 0 Å². The number of ether oxygens (including phenoxy) is 2. The highest BCUT2D eigenvalue weighted by atomic mass is 35.5. The van der Waals surface area contributed by atoms with Gasteiger partial charge in [0.1, 0.15) is 23.6 Å². The van der Waals surface area contributed by atoms with Gasteiger partial charge in [-0.1, -0.05) is 17.7 Å². The summed E-state index contributed by atoms with van der Waals surface area (Å²) in [5.74, 6) is 0.860. The van der Waals surface area contributed by atoms with Crippen LogP contribution in [-0.2, 0) is 14.8 Å². The number of sulfonamides is 1. The van der Waals surface area contributed by atoms with Crippen LogP contribution in [0, 0.1) is 6.92 Å². The van der Waals surface area contributed by atoms with Gasteiger partial charge in [0.25, 0.3) is 0 Å². The van der Waals surface area contributed by atoms with Crippen LogP contribution in [0.1, 0.15) is 37.4 Å². The summed E-state index contributed by atoms with van der Waals surface area (Å²) in [6.45, 7) is 5.34. The first-order chi connectivity index (χ1) is 14.4. The number of methoxy groups -OCH3 is 1. The molecule has 168 valence electrons. The van der Waals surface area contributed by atoms with E-state index in [1.165, 1.54) is 0 Å². The third kappa shape index (κ3) is 5.43. The average Bonchev–Trinajstić information content (AvgIpc) is 2.66. The Labute approximate surface area is 188 Å². The highest BCUT2D eigenvalue weighted by molar-refractivity contribution is 7.92. The van der Waals surface area contributed by atoms with Gasteiger partial charge in [-0.15, -0.1) is 0 Å². The fourth-order valence-corrected chi connectivity index (χ4v) is 4.62. The number of carbonyl (C=O) groups excluding carboxylic acids is 1. The number of fused-ring (bicyclic) bond motifs is 1. The molecular weight excluding hydrogens is 440 g/mol. The molecule has 0 saturated carbocycles. The van der Waals surface area contributed by atoms with E-state index in [1.807, 2.05) is 26.8 Å². The van der Waals surface area contributed by atoms with Gasteiger partial charge in [-0.2, -0.15) is 0 Å². The van der Waals surface area contributed by atoms with Crippen LogP contribution < -0.4 is 19.1 Å². The Morgan fingerprint density at radius 3 is 2.61 bits per heavy atom. The van der Waals surface area contributed by atoms with Crippen LogP contribution in [0.4, 0.5) is 5.69 Å². The minimum atomic E-state index is -3.70. The maximum absolute atomic E-state index is 12.9. The monoisotopic (exact) mass is 466 g/mol. The number of rotatable bonds is 6. The molecule has 0 saturated heterocycles. The molecule has 1 N–H and O–H groups in total. The second-order valence-corrected chi connectivity index (χ2v) is 10.6. The van der Waals surface area contributed by atoms with E-state index in [4.69, 9.17) is 21.1 Å². The Morgan fingerprint density at radius 2 is 2.00 bits per heavy atom. The summed E-state index contributed by atoms with van der Waals surface area (Å²) in [5, 5.41) is 3.40. The number of hydrogen-bond acceptors (Lipinski definition) is 5. The van der Waals surface area contributed by atoms with Gasteiger partial charge in [0.05, 0.1) is 25.1 Å². The maximum atomic E-state index is 12.9. The fourth-order valence-electron chi connectivity index (χ4n) is 3.59. The van der Waals surface area contributed by atoms with Crippen LogP contribution in [0.15, 0.2) is 36.4 Å². The summed E-state index contributed by atoms with van der Waals surface area (Å²) in [5.41, 5.74) is 1.46. The minimum Gasteiger partial charge on any atom is -0.497 e. The lowest BCUT2D eigenvalue weighted by Crippen LogP contribution is -2.45. The Bertz CT molecular complexity index is 1100. The van der Waals surface area contributed by atoms with E-state index >= 15 is 0 Å². The third-order valence-electron chi connectivity index (χ3n) is 5.14. The lowest BCUT2D eigenvalue weighted by atomic mass is 9.89. The Balaban J connectivity index is 1.85. The van der Waals surface area contributed by atoms with Crippen LogP contribution in [-0.4, -0.2) is 39.8 Å². The standard InChI is InChI=1S/C22H27ClN2O5S/c1-14-6-7-15(10-18(14)23)25(31(5,27)28)13-21(26)24-19-12-22(2,3)30-20-11-16(29-4)8-9-17(19)20/h6-11,19H,12-13H2,1-5H3,(H,24,26). The molecule has 1 heterocycles. The van der Waals surface area contributed by atoms with E-state index in [1.54, 1.807) is 37.4 Å². The zero-order valence-corrected chi connectivity index (χ0v) is 19.8. The molecule has 0 radical (unpaired) electrons. The van der Waals surface area contributed by atoms with Crippen molar-refractivity contribution in [2.24, 2.45) is 0 Å². The number of benzene rings is 2. The fraction of sp³-hybridized carbons (Fsp3) is 0.409. The molecule has 31 heavy (non-hydrogen) atoms. The number of hydrogen-bond donors (Lipinski definition) is 1. The van der Waals surface area contributed by atoms with Gasteiger partial charge in [-0.25, -0.2) is 8.42 Å². The molecule has 9 heteroatoms. The molecule has 1 atom stereocenters. The van der Waals surface area contributed by atoms with Crippen molar-refractivity contribution in [3.05, 3.63) is 52.5 Å². The topological polar surface area (TPSA) is 84.9 Å². The molecule has 3 rings (SSSR count). The van der Waals surface area contributed by atoms with Crippen molar-refractivity contribution >= 4 is 33.2 Å². The van der Waals surface area contributed by atoms with Crippen LogP contribution >= 0.6 is 11.6 Å². The predicted molar refractivity (Wildman–Crippen MR) is 122 cm³/mol. The van der Waals surface area contributed by atoms with Crippen LogP contribution in [0.2, 0.25) is 5.02 Å². The van der Waals surface area contributed by atoms with Crippen molar-refractivity contribution < 1.29 is 22.7 Å². The van der Waals surface area contributed by atoms with Crippen molar-refractivity contribution in [1.82, 2.24) is 5.32 Å². The van der Waals surface area contributed by atoms with Gasteiger partial charge in [-0.3, -0.25) is 9.10 Å². The molecule has 1 unspecified atom stereocenters. The van der Waals surface area contributed by atoms with E-state index < -0.39 is 21.5 Å². The number of anilines is 1. The highest BCUT2D eigenvalue weighted by Crippen LogP contribution is 2.41. The summed E-state index contributed by atoms with van der Waals surface area (Å²) in [6, 6.07) is 10.0. The molecule has 1 aliphatic rings. The Kier molecular flexibility index (Phi) is 6.43. The first kappa shape index (κ1) is 23.2. The SMILES string of the molecule is COc1ccc2c(c1)OC(C)(C)CC2NC(=O)CN(c1ccc(C)c(Cl)c1)S(C)(=O)=O. The molecule has 2 aromatic carbocycles. The van der Waals surface area contributed by atoms with Crippen LogP contribution in [0.25, 0.3) is 0 Å². The Hall–Kier alpha value is -2.45.